The van der Waals surface area contributed by atoms with Crippen molar-refractivity contribution in [2.24, 2.45) is 0 Å². The summed E-state index contributed by atoms with van der Waals surface area (Å²) in [5.41, 5.74) is 5.54. The number of ether oxygens (including phenoxy) is 2. The summed E-state index contributed by atoms with van der Waals surface area (Å²) in [7, 11) is 3.40. The first-order valence-electron chi connectivity index (χ1n) is 8.20. The van der Waals surface area contributed by atoms with E-state index in [9.17, 15) is 0 Å². The highest BCUT2D eigenvalue weighted by Crippen LogP contribution is 2.28. The first-order valence-corrected chi connectivity index (χ1v) is 8.20. The lowest BCUT2D eigenvalue weighted by Gasteiger charge is -2.14. The molecule has 0 bridgehead atoms. The molecule has 0 amide bonds. The third-order valence-corrected chi connectivity index (χ3v) is 4.22. The van der Waals surface area contributed by atoms with Gasteiger partial charge in [0.05, 0.1) is 14.2 Å². The first-order chi connectivity index (χ1) is 11.2. The van der Waals surface area contributed by atoms with E-state index in [2.05, 4.69) is 38.1 Å². The lowest BCUT2D eigenvalue weighted by Crippen LogP contribution is -1.96. The third kappa shape index (κ3) is 4.38. The lowest BCUT2D eigenvalue weighted by molar-refractivity contribution is 0.414. The van der Waals surface area contributed by atoms with Crippen LogP contribution in [0, 0.1) is 0 Å². The van der Waals surface area contributed by atoms with Crippen molar-refractivity contribution in [1.82, 2.24) is 0 Å². The van der Waals surface area contributed by atoms with Gasteiger partial charge in [-0.3, -0.25) is 0 Å². The predicted molar refractivity (Wildman–Crippen MR) is 97.2 cm³/mol. The Morgan fingerprint density at radius 3 is 1.70 bits per heavy atom. The molecule has 23 heavy (non-hydrogen) atoms. The SMILES string of the molecule is CCC(Cc1ccc(OC)cc1)=C(CC)c1ccc(OC)cc1. The molecule has 2 nitrogen and oxygen atoms in total. The molecule has 0 aliphatic carbocycles. The van der Waals surface area contributed by atoms with Gasteiger partial charge in [-0.05, 0) is 60.2 Å². The Bertz CT molecular complexity index is 637. The molecule has 0 aliphatic heterocycles. The van der Waals surface area contributed by atoms with Crippen LogP contribution in [0.3, 0.4) is 0 Å². The maximum absolute atomic E-state index is 5.26. The highest BCUT2D eigenvalue weighted by Gasteiger charge is 2.08. The number of rotatable bonds is 7. The van der Waals surface area contributed by atoms with E-state index in [0.717, 1.165) is 30.8 Å². The number of hydrogen-bond acceptors (Lipinski definition) is 2. The van der Waals surface area contributed by atoms with Crippen molar-refractivity contribution >= 4 is 5.57 Å². The maximum Gasteiger partial charge on any atom is 0.118 e. The molecule has 2 heteroatoms. The topological polar surface area (TPSA) is 18.5 Å². The monoisotopic (exact) mass is 310 g/mol. The van der Waals surface area contributed by atoms with Crippen LogP contribution in [0.25, 0.3) is 5.57 Å². The molecular formula is C21H26O2. The van der Waals surface area contributed by atoms with Gasteiger partial charge in [0.15, 0.2) is 0 Å². The van der Waals surface area contributed by atoms with Crippen LogP contribution in [0.4, 0.5) is 0 Å². The van der Waals surface area contributed by atoms with E-state index in [1.807, 2.05) is 24.3 Å². The smallest absolute Gasteiger partial charge is 0.118 e. The summed E-state index contributed by atoms with van der Waals surface area (Å²) in [6.45, 7) is 4.46. The van der Waals surface area contributed by atoms with Crippen molar-refractivity contribution in [3.8, 4) is 11.5 Å². The van der Waals surface area contributed by atoms with Gasteiger partial charge in [0, 0.05) is 0 Å². The number of hydrogen-bond donors (Lipinski definition) is 0. The van der Waals surface area contributed by atoms with Gasteiger partial charge in [-0.1, -0.05) is 43.7 Å². The van der Waals surface area contributed by atoms with Crippen LogP contribution in [0.5, 0.6) is 11.5 Å². The number of methoxy groups -OCH3 is 2. The summed E-state index contributed by atoms with van der Waals surface area (Å²) in [5.74, 6) is 1.80. The molecule has 0 aromatic heterocycles. The van der Waals surface area contributed by atoms with E-state index >= 15 is 0 Å². The zero-order valence-electron chi connectivity index (χ0n) is 14.6. The van der Waals surface area contributed by atoms with Crippen molar-refractivity contribution < 1.29 is 9.47 Å². The number of allylic oxidation sites excluding steroid dienone is 2. The van der Waals surface area contributed by atoms with Gasteiger partial charge in [-0.25, -0.2) is 0 Å². The zero-order valence-corrected chi connectivity index (χ0v) is 14.6. The standard InChI is InChI=1S/C21H26O2/c1-5-17(15-16-7-11-19(22-3)12-8-16)21(6-2)18-9-13-20(23-4)14-10-18/h7-14H,5-6,15H2,1-4H3. The van der Waals surface area contributed by atoms with Gasteiger partial charge in [0.2, 0.25) is 0 Å². The Morgan fingerprint density at radius 2 is 1.26 bits per heavy atom. The summed E-state index contributed by atoms with van der Waals surface area (Å²) in [5, 5.41) is 0. The molecule has 2 aromatic rings. The van der Waals surface area contributed by atoms with E-state index in [1.54, 1.807) is 14.2 Å². The molecule has 0 atom stereocenters. The van der Waals surface area contributed by atoms with Crippen LogP contribution in [0.15, 0.2) is 54.1 Å². The van der Waals surface area contributed by atoms with Gasteiger partial charge < -0.3 is 9.47 Å². The average Bonchev–Trinajstić information content (AvgIpc) is 2.62. The molecule has 0 saturated carbocycles. The van der Waals surface area contributed by atoms with Gasteiger partial charge >= 0.3 is 0 Å². The molecule has 0 spiro atoms. The molecule has 0 fully saturated rings. The Morgan fingerprint density at radius 1 is 0.739 bits per heavy atom. The summed E-state index contributed by atoms with van der Waals surface area (Å²) < 4.78 is 10.5. The molecule has 0 aliphatic rings. The molecule has 0 radical (unpaired) electrons. The van der Waals surface area contributed by atoms with E-state index in [0.29, 0.717) is 0 Å². The fourth-order valence-electron chi connectivity index (χ4n) is 2.89. The van der Waals surface area contributed by atoms with E-state index in [-0.39, 0.29) is 0 Å². The predicted octanol–water partition coefficient (Wildman–Crippen LogP) is 5.52. The molecule has 0 saturated heterocycles. The average molecular weight is 310 g/mol. The van der Waals surface area contributed by atoms with Crippen molar-refractivity contribution in [1.29, 1.82) is 0 Å². The Labute approximate surface area is 139 Å². The van der Waals surface area contributed by atoms with Gasteiger partial charge in [-0.15, -0.1) is 0 Å². The molecule has 0 heterocycles. The normalized spacial score (nSPS) is 11.8. The molecular weight excluding hydrogens is 284 g/mol. The minimum atomic E-state index is 0.900. The quantitative estimate of drug-likeness (QED) is 0.670. The molecule has 0 N–H and O–H groups in total. The van der Waals surface area contributed by atoms with Crippen LogP contribution >= 0.6 is 0 Å². The summed E-state index contributed by atoms with van der Waals surface area (Å²) in [6.07, 6.45) is 3.07. The van der Waals surface area contributed by atoms with Crippen LogP contribution in [0.1, 0.15) is 37.8 Å². The first kappa shape index (κ1) is 17.1. The van der Waals surface area contributed by atoms with E-state index < -0.39 is 0 Å². The van der Waals surface area contributed by atoms with Crippen molar-refractivity contribution in [3.05, 3.63) is 65.2 Å². The van der Waals surface area contributed by atoms with Crippen molar-refractivity contribution in [2.45, 2.75) is 33.1 Å². The second kappa shape index (κ2) is 8.42. The van der Waals surface area contributed by atoms with Crippen LogP contribution in [-0.2, 0) is 6.42 Å². The Kier molecular flexibility index (Phi) is 6.28. The van der Waals surface area contributed by atoms with E-state index in [1.165, 1.54) is 22.3 Å². The van der Waals surface area contributed by atoms with Crippen LogP contribution in [0.2, 0.25) is 0 Å². The summed E-state index contributed by atoms with van der Waals surface area (Å²) >= 11 is 0. The lowest BCUT2D eigenvalue weighted by atomic mass is 9.92. The molecule has 122 valence electrons. The van der Waals surface area contributed by atoms with Gasteiger partial charge in [0.1, 0.15) is 11.5 Å². The largest absolute Gasteiger partial charge is 0.497 e. The van der Waals surface area contributed by atoms with Crippen LogP contribution in [-0.4, -0.2) is 14.2 Å². The summed E-state index contributed by atoms with van der Waals surface area (Å²) in [4.78, 5) is 0. The summed E-state index contributed by atoms with van der Waals surface area (Å²) in [6, 6.07) is 16.7. The zero-order chi connectivity index (χ0) is 16.7. The fraction of sp³-hybridized carbons (Fsp3) is 0.333. The third-order valence-electron chi connectivity index (χ3n) is 4.22. The molecule has 0 unspecified atom stereocenters. The number of benzene rings is 2. The highest BCUT2D eigenvalue weighted by molar-refractivity contribution is 5.69. The Balaban J connectivity index is 2.29. The maximum atomic E-state index is 5.26. The van der Waals surface area contributed by atoms with Crippen molar-refractivity contribution in [2.75, 3.05) is 14.2 Å². The molecule has 2 rings (SSSR count). The van der Waals surface area contributed by atoms with E-state index in [4.69, 9.17) is 9.47 Å². The van der Waals surface area contributed by atoms with Crippen LogP contribution < -0.4 is 9.47 Å². The fourth-order valence-corrected chi connectivity index (χ4v) is 2.89. The van der Waals surface area contributed by atoms with Gasteiger partial charge in [-0.2, -0.15) is 0 Å². The molecule has 2 aromatic carbocycles. The highest BCUT2D eigenvalue weighted by atomic mass is 16.5. The second-order valence-electron chi connectivity index (χ2n) is 5.54. The minimum absolute atomic E-state index is 0.900. The second-order valence-corrected chi connectivity index (χ2v) is 5.54. The minimum Gasteiger partial charge on any atom is -0.497 e. The van der Waals surface area contributed by atoms with Crippen molar-refractivity contribution in [3.63, 3.8) is 0 Å². The van der Waals surface area contributed by atoms with Gasteiger partial charge in [0.25, 0.3) is 0 Å². The Hall–Kier alpha value is -2.22.